The molecule has 0 spiro atoms. The van der Waals surface area contributed by atoms with Crippen molar-refractivity contribution in [1.82, 2.24) is 4.90 Å². The standard InChI is InChI=1S/C51H93NO7Si/c1-9-11-13-15-17-19-21-23-25-27-29-31-33-35-37-39-48(53)56-45-47(46-57-49(54)41-42-52(6)43-44-58-60(7,8)51(3,4)5)59-50(55)40-38-36-34-32-30-28-26-24-22-20-18-16-14-12-10-2/h17-20,23-26,47H,9-16,21-22,27-46H2,1-8H3/b19-17-,20-18-,25-23-,26-24-/t47-/m1/s1. The average Bonchev–Trinajstić information content (AvgIpc) is 3.20. The van der Waals surface area contributed by atoms with E-state index in [-0.39, 0.29) is 49.0 Å². The first kappa shape index (κ1) is 57.5. The predicted octanol–water partition coefficient (Wildman–Crippen LogP) is 14.0. The Morgan fingerprint density at radius 1 is 0.533 bits per heavy atom. The van der Waals surface area contributed by atoms with E-state index >= 15 is 0 Å². The summed E-state index contributed by atoms with van der Waals surface area (Å²) in [6.45, 7) is 17.2. The Kier molecular flexibility index (Phi) is 37.7. The van der Waals surface area contributed by atoms with E-state index < -0.39 is 14.4 Å². The number of carbonyl (C=O) groups excluding carboxylic acids is 3. The van der Waals surface area contributed by atoms with Crippen LogP contribution in [0.4, 0.5) is 0 Å². The van der Waals surface area contributed by atoms with Gasteiger partial charge in [0, 0.05) is 32.5 Å². The van der Waals surface area contributed by atoms with E-state index in [0.717, 1.165) is 96.4 Å². The Balaban J connectivity index is 4.61. The van der Waals surface area contributed by atoms with E-state index in [0.29, 0.717) is 19.6 Å². The van der Waals surface area contributed by atoms with Crippen LogP contribution in [0.5, 0.6) is 0 Å². The first-order valence-corrected chi connectivity index (χ1v) is 27.2. The number of likely N-dealkylation sites (N-methyl/N-ethyl adjacent to an activating group) is 1. The van der Waals surface area contributed by atoms with E-state index in [1.807, 2.05) is 7.05 Å². The van der Waals surface area contributed by atoms with Crippen LogP contribution in [0.2, 0.25) is 18.1 Å². The maximum absolute atomic E-state index is 12.8. The second-order valence-corrected chi connectivity index (χ2v) is 22.9. The van der Waals surface area contributed by atoms with Gasteiger partial charge in [0.25, 0.3) is 0 Å². The topological polar surface area (TPSA) is 91.4 Å². The lowest BCUT2D eigenvalue weighted by molar-refractivity contribution is -0.167. The molecule has 0 aromatic carbocycles. The minimum absolute atomic E-state index is 0.120. The minimum Gasteiger partial charge on any atom is -0.462 e. The number of allylic oxidation sites excluding steroid dienone is 8. The number of nitrogens with zero attached hydrogens (tertiary/aromatic N) is 1. The molecule has 60 heavy (non-hydrogen) atoms. The second-order valence-electron chi connectivity index (χ2n) is 18.1. The van der Waals surface area contributed by atoms with Gasteiger partial charge >= 0.3 is 17.9 Å². The molecule has 0 saturated heterocycles. The van der Waals surface area contributed by atoms with Crippen molar-refractivity contribution in [2.75, 3.05) is 40.0 Å². The van der Waals surface area contributed by atoms with E-state index in [1.54, 1.807) is 0 Å². The van der Waals surface area contributed by atoms with Crippen LogP contribution in [0.1, 0.15) is 195 Å². The van der Waals surface area contributed by atoms with E-state index in [9.17, 15) is 14.4 Å². The number of hydrogen-bond acceptors (Lipinski definition) is 8. The Morgan fingerprint density at radius 3 is 1.38 bits per heavy atom. The number of rotatable bonds is 40. The van der Waals surface area contributed by atoms with Crippen LogP contribution < -0.4 is 0 Å². The Morgan fingerprint density at radius 2 is 0.933 bits per heavy atom. The van der Waals surface area contributed by atoms with Gasteiger partial charge in [-0.25, -0.2) is 0 Å². The monoisotopic (exact) mass is 860 g/mol. The zero-order valence-corrected chi connectivity index (χ0v) is 41.2. The van der Waals surface area contributed by atoms with Gasteiger partial charge in [0.2, 0.25) is 0 Å². The SMILES string of the molecule is CCCCC/C=C\C/C=C\CCCCCCCC(=O)OC[C@H](COC(=O)CCN(C)CCO[Si](C)(C)C(C)(C)C)OC(=O)CCCCCCC/C=C\C/C=C\CCCCC. The fraction of sp³-hybridized carbons (Fsp3) is 0.784. The third kappa shape index (κ3) is 37.3. The van der Waals surface area contributed by atoms with Crippen LogP contribution in [0, 0.1) is 0 Å². The summed E-state index contributed by atoms with van der Waals surface area (Å²) in [5.74, 6) is -1.05. The first-order chi connectivity index (χ1) is 28.8. The van der Waals surface area contributed by atoms with Crippen LogP contribution in [0.3, 0.4) is 0 Å². The molecule has 0 N–H and O–H groups in total. The minimum atomic E-state index is -1.83. The van der Waals surface area contributed by atoms with Crippen molar-refractivity contribution in [1.29, 1.82) is 0 Å². The summed E-state index contributed by atoms with van der Waals surface area (Å²) < 4.78 is 23.0. The maximum atomic E-state index is 12.8. The van der Waals surface area contributed by atoms with Gasteiger partial charge in [0.15, 0.2) is 14.4 Å². The molecule has 0 bridgehead atoms. The summed E-state index contributed by atoms with van der Waals surface area (Å²) in [5, 5.41) is 0.147. The second kappa shape index (κ2) is 39.4. The third-order valence-electron chi connectivity index (χ3n) is 11.3. The maximum Gasteiger partial charge on any atom is 0.307 e. The third-order valence-corrected chi connectivity index (χ3v) is 15.8. The molecule has 0 aliphatic carbocycles. The lowest BCUT2D eigenvalue weighted by atomic mass is 10.1. The van der Waals surface area contributed by atoms with Gasteiger partial charge in [-0.3, -0.25) is 14.4 Å². The van der Waals surface area contributed by atoms with Gasteiger partial charge in [0.05, 0.1) is 6.42 Å². The smallest absolute Gasteiger partial charge is 0.307 e. The molecule has 1 atom stereocenters. The summed E-state index contributed by atoms with van der Waals surface area (Å²) in [4.78, 5) is 40.2. The summed E-state index contributed by atoms with van der Waals surface area (Å²) in [7, 11) is 0.139. The summed E-state index contributed by atoms with van der Waals surface area (Å²) in [6.07, 6.45) is 42.6. The van der Waals surface area contributed by atoms with Crippen LogP contribution in [-0.2, 0) is 33.0 Å². The van der Waals surface area contributed by atoms with Gasteiger partial charge in [-0.05, 0) is 102 Å². The molecular formula is C51H93NO7Si. The zero-order chi connectivity index (χ0) is 44.6. The number of ether oxygens (including phenoxy) is 3. The largest absolute Gasteiger partial charge is 0.462 e. The number of esters is 3. The summed E-state index contributed by atoms with van der Waals surface area (Å²) >= 11 is 0. The van der Waals surface area contributed by atoms with Crippen LogP contribution in [0.15, 0.2) is 48.6 Å². The number of carbonyl (C=O) groups is 3. The van der Waals surface area contributed by atoms with Gasteiger partial charge in [-0.15, -0.1) is 0 Å². The van der Waals surface area contributed by atoms with Crippen molar-refractivity contribution in [3.63, 3.8) is 0 Å². The normalized spacial score (nSPS) is 13.1. The Hall–Kier alpha value is -2.49. The molecule has 0 fully saturated rings. The Bertz CT molecular complexity index is 1170. The Labute approximate surface area is 370 Å². The molecular weight excluding hydrogens is 767 g/mol. The molecule has 0 aromatic rings. The molecule has 0 rings (SSSR count). The fourth-order valence-corrected chi connectivity index (χ4v) is 7.14. The van der Waals surface area contributed by atoms with Gasteiger partial charge in [-0.1, -0.05) is 147 Å². The van der Waals surface area contributed by atoms with Crippen molar-refractivity contribution in [2.45, 2.75) is 219 Å². The summed E-state index contributed by atoms with van der Waals surface area (Å²) in [6, 6.07) is 0. The van der Waals surface area contributed by atoms with Gasteiger partial charge in [-0.2, -0.15) is 0 Å². The number of unbranched alkanes of at least 4 members (excludes halogenated alkanes) is 16. The van der Waals surface area contributed by atoms with Gasteiger partial charge in [0.1, 0.15) is 13.2 Å². The van der Waals surface area contributed by atoms with Crippen LogP contribution >= 0.6 is 0 Å². The molecule has 0 aliphatic heterocycles. The molecule has 0 aromatic heterocycles. The van der Waals surface area contributed by atoms with Crippen molar-refractivity contribution in [3.8, 4) is 0 Å². The van der Waals surface area contributed by atoms with Crippen molar-refractivity contribution in [3.05, 3.63) is 48.6 Å². The molecule has 0 unspecified atom stereocenters. The van der Waals surface area contributed by atoms with Crippen LogP contribution in [0.25, 0.3) is 0 Å². The van der Waals surface area contributed by atoms with Crippen LogP contribution in [-0.4, -0.2) is 77.2 Å². The molecule has 9 heteroatoms. The van der Waals surface area contributed by atoms with E-state index in [1.165, 1.54) is 51.4 Å². The molecule has 8 nitrogen and oxygen atoms in total. The highest BCUT2D eigenvalue weighted by Gasteiger charge is 2.37. The van der Waals surface area contributed by atoms with Gasteiger partial charge < -0.3 is 23.5 Å². The fourth-order valence-electron chi connectivity index (χ4n) is 6.11. The molecule has 0 aliphatic rings. The quantitative estimate of drug-likeness (QED) is 0.0198. The number of hydrogen-bond donors (Lipinski definition) is 0. The van der Waals surface area contributed by atoms with Crippen molar-refractivity contribution < 1.29 is 33.0 Å². The molecule has 0 saturated carbocycles. The molecule has 348 valence electrons. The lowest BCUT2D eigenvalue weighted by Gasteiger charge is -2.36. The van der Waals surface area contributed by atoms with Crippen molar-refractivity contribution >= 4 is 26.2 Å². The highest BCUT2D eigenvalue weighted by atomic mass is 28.4. The van der Waals surface area contributed by atoms with Crippen molar-refractivity contribution in [2.24, 2.45) is 0 Å². The molecule has 0 radical (unpaired) electrons. The van der Waals surface area contributed by atoms with E-state index in [4.69, 9.17) is 18.6 Å². The predicted molar refractivity (Wildman–Crippen MR) is 256 cm³/mol. The zero-order valence-electron chi connectivity index (χ0n) is 40.2. The molecule has 0 amide bonds. The average molecular weight is 860 g/mol. The first-order valence-electron chi connectivity index (χ1n) is 24.3. The highest BCUT2D eigenvalue weighted by Crippen LogP contribution is 2.36. The molecule has 0 heterocycles. The van der Waals surface area contributed by atoms with E-state index in [2.05, 4.69) is 101 Å². The lowest BCUT2D eigenvalue weighted by Crippen LogP contribution is -2.42. The summed E-state index contributed by atoms with van der Waals surface area (Å²) in [5.41, 5.74) is 0. The highest BCUT2D eigenvalue weighted by molar-refractivity contribution is 6.74.